The fourth-order valence-electron chi connectivity index (χ4n) is 2.56. The van der Waals surface area contributed by atoms with Crippen LogP contribution in [-0.2, 0) is 13.6 Å². The molecule has 3 nitrogen and oxygen atoms in total. The molecule has 4 heteroatoms. The number of nitrogens with zero attached hydrogens (tertiary/aromatic N) is 2. The van der Waals surface area contributed by atoms with Gasteiger partial charge in [-0.05, 0) is 42.3 Å². The molecule has 2 aromatic carbocycles. The Labute approximate surface area is 126 Å². The molecule has 3 rings (SSSR count). The number of benzene rings is 2. The molecule has 0 fully saturated rings. The molecule has 0 unspecified atom stereocenters. The standard InChI is InChI=1S/C16H16BrN3/c1-10-8-12(17)6-7-13(10)16-19-15-11(9-18)4-3-5-14(15)20(16)2/h3-8H,9,18H2,1-2H3. The van der Waals surface area contributed by atoms with E-state index in [0.717, 1.165) is 32.5 Å². The zero-order valence-corrected chi connectivity index (χ0v) is 13.1. The van der Waals surface area contributed by atoms with Crippen LogP contribution >= 0.6 is 15.9 Å². The molecule has 0 amide bonds. The molecule has 0 saturated carbocycles. The number of rotatable bonds is 2. The predicted molar refractivity (Wildman–Crippen MR) is 86.5 cm³/mol. The van der Waals surface area contributed by atoms with Gasteiger partial charge in [0.1, 0.15) is 5.82 Å². The van der Waals surface area contributed by atoms with Crippen LogP contribution in [0.2, 0.25) is 0 Å². The van der Waals surface area contributed by atoms with Gasteiger partial charge in [-0.1, -0.05) is 28.1 Å². The molecule has 3 aromatic rings. The van der Waals surface area contributed by atoms with Gasteiger partial charge in [0.2, 0.25) is 0 Å². The van der Waals surface area contributed by atoms with Gasteiger partial charge < -0.3 is 10.3 Å². The summed E-state index contributed by atoms with van der Waals surface area (Å²) in [5.41, 5.74) is 11.4. The van der Waals surface area contributed by atoms with E-state index in [2.05, 4.69) is 45.6 Å². The van der Waals surface area contributed by atoms with Crippen molar-refractivity contribution in [3.8, 4) is 11.4 Å². The fraction of sp³-hybridized carbons (Fsp3) is 0.188. The van der Waals surface area contributed by atoms with Crippen molar-refractivity contribution in [3.05, 3.63) is 52.0 Å². The van der Waals surface area contributed by atoms with Crippen molar-refractivity contribution in [1.82, 2.24) is 9.55 Å². The van der Waals surface area contributed by atoms with Gasteiger partial charge in [0, 0.05) is 23.6 Å². The monoisotopic (exact) mass is 329 g/mol. The van der Waals surface area contributed by atoms with Crippen LogP contribution in [0, 0.1) is 6.92 Å². The molecule has 1 aromatic heterocycles. The lowest BCUT2D eigenvalue weighted by Crippen LogP contribution is -1.97. The van der Waals surface area contributed by atoms with Gasteiger partial charge in [0.15, 0.2) is 0 Å². The molecule has 0 saturated heterocycles. The number of aromatic nitrogens is 2. The fourth-order valence-corrected chi connectivity index (χ4v) is 3.03. The van der Waals surface area contributed by atoms with E-state index < -0.39 is 0 Å². The Morgan fingerprint density at radius 1 is 1.25 bits per heavy atom. The summed E-state index contributed by atoms with van der Waals surface area (Å²) in [5, 5.41) is 0. The van der Waals surface area contributed by atoms with Crippen molar-refractivity contribution < 1.29 is 0 Å². The number of halogens is 1. The van der Waals surface area contributed by atoms with Crippen molar-refractivity contribution in [2.24, 2.45) is 12.8 Å². The average Bonchev–Trinajstić information content (AvgIpc) is 2.76. The van der Waals surface area contributed by atoms with Crippen molar-refractivity contribution in [2.75, 3.05) is 0 Å². The second-order valence-corrected chi connectivity index (χ2v) is 5.86. The number of para-hydroxylation sites is 1. The maximum atomic E-state index is 5.81. The van der Waals surface area contributed by atoms with Crippen molar-refractivity contribution in [3.63, 3.8) is 0 Å². The number of hydrogen-bond donors (Lipinski definition) is 1. The topological polar surface area (TPSA) is 43.8 Å². The van der Waals surface area contributed by atoms with Gasteiger partial charge in [0.05, 0.1) is 11.0 Å². The lowest BCUT2D eigenvalue weighted by Gasteiger charge is -2.06. The highest BCUT2D eigenvalue weighted by Crippen LogP contribution is 2.29. The highest BCUT2D eigenvalue weighted by Gasteiger charge is 2.13. The lowest BCUT2D eigenvalue weighted by molar-refractivity contribution is 0.957. The first-order chi connectivity index (χ1) is 9.61. The zero-order chi connectivity index (χ0) is 14.3. The number of nitrogens with two attached hydrogens (primary N) is 1. The van der Waals surface area contributed by atoms with Crippen LogP contribution in [0.3, 0.4) is 0 Å². The van der Waals surface area contributed by atoms with Gasteiger partial charge in [-0.2, -0.15) is 0 Å². The first kappa shape index (κ1) is 13.3. The van der Waals surface area contributed by atoms with Crippen LogP contribution in [0.25, 0.3) is 22.4 Å². The molecular formula is C16H16BrN3. The minimum Gasteiger partial charge on any atom is -0.327 e. The van der Waals surface area contributed by atoms with Gasteiger partial charge >= 0.3 is 0 Å². The van der Waals surface area contributed by atoms with Gasteiger partial charge in [-0.15, -0.1) is 0 Å². The van der Waals surface area contributed by atoms with E-state index in [1.54, 1.807) is 0 Å². The Morgan fingerprint density at radius 2 is 2.05 bits per heavy atom. The summed E-state index contributed by atoms with van der Waals surface area (Å²) in [6, 6.07) is 12.4. The summed E-state index contributed by atoms with van der Waals surface area (Å²) in [7, 11) is 2.05. The highest BCUT2D eigenvalue weighted by molar-refractivity contribution is 9.10. The molecule has 102 valence electrons. The molecule has 0 radical (unpaired) electrons. The van der Waals surface area contributed by atoms with Crippen molar-refractivity contribution in [2.45, 2.75) is 13.5 Å². The summed E-state index contributed by atoms with van der Waals surface area (Å²) in [6.45, 7) is 2.61. The normalized spacial score (nSPS) is 11.2. The van der Waals surface area contributed by atoms with E-state index >= 15 is 0 Å². The minimum atomic E-state index is 0.507. The minimum absolute atomic E-state index is 0.507. The molecule has 20 heavy (non-hydrogen) atoms. The first-order valence-corrected chi connectivity index (χ1v) is 7.32. The maximum absolute atomic E-state index is 5.81. The van der Waals surface area contributed by atoms with Crippen LogP contribution in [-0.4, -0.2) is 9.55 Å². The van der Waals surface area contributed by atoms with E-state index in [0.29, 0.717) is 6.54 Å². The Bertz CT molecular complexity index is 790. The molecule has 1 heterocycles. The Kier molecular flexibility index (Phi) is 3.36. The SMILES string of the molecule is Cc1cc(Br)ccc1-c1nc2c(CN)cccc2n1C. The largest absolute Gasteiger partial charge is 0.327 e. The average molecular weight is 330 g/mol. The molecule has 0 bridgehead atoms. The molecule has 0 aliphatic carbocycles. The molecule has 0 aliphatic rings. The van der Waals surface area contributed by atoms with E-state index in [1.165, 1.54) is 5.56 Å². The van der Waals surface area contributed by atoms with E-state index in [1.807, 2.05) is 25.2 Å². The van der Waals surface area contributed by atoms with E-state index in [9.17, 15) is 0 Å². The van der Waals surface area contributed by atoms with E-state index in [-0.39, 0.29) is 0 Å². The smallest absolute Gasteiger partial charge is 0.141 e. The van der Waals surface area contributed by atoms with Crippen molar-refractivity contribution >= 4 is 27.0 Å². The summed E-state index contributed by atoms with van der Waals surface area (Å²) >= 11 is 3.50. The molecule has 0 aliphatic heterocycles. The first-order valence-electron chi connectivity index (χ1n) is 6.52. The molecule has 0 atom stereocenters. The van der Waals surface area contributed by atoms with Gasteiger partial charge in [-0.3, -0.25) is 0 Å². The third-order valence-corrected chi connectivity index (χ3v) is 4.14. The Hall–Kier alpha value is -1.65. The summed E-state index contributed by atoms with van der Waals surface area (Å²) in [4.78, 5) is 4.81. The number of aryl methyl sites for hydroxylation is 2. The van der Waals surface area contributed by atoms with Gasteiger partial charge in [0.25, 0.3) is 0 Å². The third kappa shape index (κ3) is 2.05. The Balaban J connectivity index is 2.29. The molecule has 0 spiro atoms. The van der Waals surface area contributed by atoms with Crippen LogP contribution in [0.1, 0.15) is 11.1 Å². The van der Waals surface area contributed by atoms with Crippen LogP contribution in [0.15, 0.2) is 40.9 Å². The summed E-state index contributed by atoms with van der Waals surface area (Å²) < 4.78 is 3.21. The molecular weight excluding hydrogens is 314 g/mol. The van der Waals surface area contributed by atoms with Crippen LogP contribution in [0.5, 0.6) is 0 Å². The summed E-state index contributed by atoms with van der Waals surface area (Å²) in [5.74, 6) is 0.978. The quantitative estimate of drug-likeness (QED) is 0.777. The van der Waals surface area contributed by atoms with Crippen LogP contribution < -0.4 is 5.73 Å². The van der Waals surface area contributed by atoms with Gasteiger partial charge in [-0.25, -0.2) is 4.98 Å². The maximum Gasteiger partial charge on any atom is 0.141 e. The number of imidazole rings is 1. The number of hydrogen-bond acceptors (Lipinski definition) is 2. The zero-order valence-electron chi connectivity index (χ0n) is 11.5. The Morgan fingerprint density at radius 3 is 2.75 bits per heavy atom. The van der Waals surface area contributed by atoms with Crippen molar-refractivity contribution in [1.29, 1.82) is 0 Å². The second kappa shape index (κ2) is 5.04. The lowest BCUT2D eigenvalue weighted by atomic mass is 10.1. The third-order valence-electron chi connectivity index (χ3n) is 3.64. The summed E-state index contributed by atoms with van der Waals surface area (Å²) in [6.07, 6.45) is 0. The van der Waals surface area contributed by atoms with E-state index in [4.69, 9.17) is 10.7 Å². The van der Waals surface area contributed by atoms with Crippen LogP contribution in [0.4, 0.5) is 0 Å². The molecule has 2 N–H and O–H groups in total. The predicted octanol–water partition coefficient (Wildman–Crippen LogP) is 3.77. The second-order valence-electron chi connectivity index (χ2n) is 4.94. The highest BCUT2D eigenvalue weighted by atomic mass is 79.9. The number of fused-ring (bicyclic) bond motifs is 1.